The van der Waals surface area contributed by atoms with Crippen LogP contribution in [0.5, 0.6) is 0 Å². The van der Waals surface area contributed by atoms with Crippen molar-refractivity contribution in [3.8, 4) is 0 Å². The Hall–Kier alpha value is -0.730. The van der Waals surface area contributed by atoms with E-state index in [1.54, 1.807) is 0 Å². The summed E-state index contributed by atoms with van der Waals surface area (Å²) in [5.41, 5.74) is -0.489. The first-order valence-electron chi connectivity index (χ1n) is 6.83. The molecule has 0 aromatic rings. The molecule has 7 nitrogen and oxygen atoms in total. The van der Waals surface area contributed by atoms with Gasteiger partial charge in [0.1, 0.15) is 6.10 Å². The summed E-state index contributed by atoms with van der Waals surface area (Å²) in [5, 5.41) is 0. The topological polar surface area (TPSA) is 72.5 Å². The fourth-order valence-electron chi connectivity index (χ4n) is 2.90. The van der Waals surface area contributed by atoms with Crippen molar-refractivity contribution in [2.75, 3.05) is 0 Å². The van der Waals surface area contributed by atoms with Gasteiger partial charge in [-0.2, -0.15) is 0 Å². The van der Waals surface area contributed by atoms with Crippen molar-refractivity contribution < 1.29 is 33.2 Å². The molecule has 3 atom stereocenters. The Kier molecular flexibility index (Phi) is 3.50. The largest absolute Gasteiger partial charge is 0.436 e. The second-order valence-corrected chi connectivity index (χ2v) is 5.69. The minimum atomic E-state index is -0.631. The van der Waals surface area contributed by atoms with Crippen LogP contribution in [0.3, 0.4) is 0 Å². The molecule has 0 radical (unpaired) electrons. The SMILES string of the molecule is CC(=O)O[C@H]1CC(C)(C2OC(C)O2)[C@H](C2OC(C)O2)O1. The lowest BCUT2D eigenvalue weighted by Crippen LogP contribution is -2.59. The highest BCUT2D eigenvalue weighted by atomic mass is 16.9. The van der Waals surface area contributed by atoms with E-state index < -0.39 is 30.4 Å². The molecule has 20 heavy (non-hydrogen) atoms. The molecule has 0 bridgehead atoms. The van der Waals surface area contributed by atoms with E-state index in [2.05, 4.69) is 0 Å². The van der Waals surface area contributed by atoms with Crippen LogP contribution in [0, 0.1) is 5.41 Å². The van der Waals surface area contributed by atoms with Gasteiger partial charge in [0.05, 0.1) is 5.41 Å². The standard InChI is InChI=1S/C13H20O7/c1-6(14)15-9-5-13(4,12-18-8(3)19-12)10(20-9)11-16-7(2)17-11/h7-12H,5H2,1-4H3/t7?,8?,9-,10+,11?,12?,13?/m1/s1. The van der Waals surface area contributed by atoms with Crippen molar-refractivity contribution in [3.63, 3.8) is 0 Å². The van der Waals surface area contributed by atoms with Crippen LogP contribution in [0.2, 0.25) is 0 Å². The number of hydrogen-bond donors (Lipinski definition) is 0. The molecular weight excluding hydrogens is 268 g/mol. The Morgan fingerprint density at radius 2 is 1.70 bits per heavy atom. The molecule has 3 aliphatic heterocycles. The molecule has 3 rings (SSSR count). The van der Waals surface area contributed by atoms with Crippen molar-refractivity contribution in [1.29, 1.82) is 0 Å². The number of esters is 1. The maximum Gasteiger partial charge on any atom is 0.304 e. The van der Waals surface area contributed by atoms with Crippen LogP contribution < -0.4 is 0 Å². The predicted molar refractivity (Wildman–Crippen MR) is 64.0 cm³/mol. The molecule has 0 aromatic heterocycles. The molecule has 3 aliphatic rings. The molecule has 0 saturated carbocycles. The van der Waals surface area contributed by atoms with E-state index in [0.717, 1.165) is 0 Å². The monoisotopic (exact) mass is 288 g/mol. The van der Waals surface area contributed by atoms with Gasteiger partial charge in [-0.15, -0.1) is 0 Å². The van der Waals surface area contributed by atoms with Gasteiger partial charge in [-0.1, -0.05) is 6.92 Å². The van der Waals surface area contributed by atoms with Crippen LogP contribution in [0.1, 0.15) is 34.1 Å². The van der Waals surface area contributed by atoms with Crippen molar-refractivity contribution in [2.45, 2.75) is 71.7 Å². The molecule has 1 unspecified atom stereocenters. The Morgan fingerprint density at radius 3 is 2.20 bits per heavy atom. The first-order chi connectivity index (χ1) is 9.38. The smallest absolute Gasteiger partial charge is 0.304 e. The van der Waals surface area contributed by atoms with E-state index in [0.29, 0.717) is 6.42 Å². The minimum Gasteiger partial charge on any atom is -0.436 e. The van der Waals surface area contributed by atoms with Gasteiger partial charge >= 0.3 is 5.97 Å². The van der Waals surface area contributed by atoms with Crippen molar-refractivity contribution in [1.82, 2.24) is 0 Å². The molecular formula is C13H20O7. The zero-order chi connectivity index (χ0) is 14.5. The lowest BCUT2D eigenvalue weighted by Gasteiger charge is -2.48. The van der Waals surface area contributed by atoms with Gasteiger partial charge in [0.25, 0.3) is 0 Å². The number of carbonyl (C=O) groups is 1. The summed E-state index contributed by atoms with van der Waals surface area (Å²) >= 11 is 0. The number of hydrogen-bond acceptors (Lipinski definition) is 7. The summed E-state index contributed by atoms with van der Waals surface area (Å²) in [6.07, 6.45) is -1.93. The molecule has 7 heteroatoms. The first-order valence-corrected chi connectivity index (χ1v) is 6.83. The molecule has 0 spiro atoms. The second-order valence-electron chi connectivity index (χ2n) is 5.69. The van der Waals surface area contributed by atoms with E-state index in [-0.39, 0.29) is 18.5 Å². The van der Waals surface area contributed by atoms with Crippen LogP contribution >= 0.6 is 0 Å². The van der Waals surface area contributed by atoms with Gasteiger partial charge in [-0.05, 0) is 13.8 Å². The van der Waals surface area contributed by atoms with Gasteiger partial charge < -0.3 is 28.4 Å². The molecule has 0 aromatic carbocycles. The first kappa shape index (κ1) is 14.2. The van der Waals surface area contributed by atoms with E-state index in [9.17, 15) is 4.79 Å². The average molecular weight is 288 g/mol. The van der Waals surface area contributed by atoms with Crippen LogP contribution in [-0.4, -0.2) is 43.5 Å². The summed E-state index contributed by atoms with van der Waals surface area (Å²) in [6, 6.07) is 0. The maximum atomic E-state index is 11.1. The van der Waals surface area contributed by atoms with Crippen LogP contribution in [0.25, 0.3) is 0 Å². The van der Waals surface area contributed by atoms with Crippen LogP contribution in [-0.2, 0) is 33.2 Å². The highest BCUT2D eigenvalue weighted by molar-refractivity contribution is 5.66. The van der Waals surface area contributed by atoms with E-state index in [1.807, 2.05) is 20.8 Å². The fourth-order valence-corrected chi connectivity index (χ4v) is 2.90. The zero-order valence-corrected chi connectivity index (χ0v) is 12.0. The highest BCUT2D eigenvalue weighted by Crippen LogP contribution is 2.50. The Morgan fingerprint density at radius 1 is 1.10 bits per heavy atom. The van der Waals surface area contributed by atoms with Gasteiger partial charge in [-0.3, -0.25) is 4.79 Å². The third kappa shape index (κ3) is 2.33. The van der Waals surface area contributed by atoms with Gasteiger partial charge in [0.2, 0.25) is 6.29 Å². The summed E-state index contributed by atoms with van der Waals surface area (Å²) in [5.74, 6) is -0.384. The quantitative estimate of drug-likeness (QED) is 0.720. The molecule has 3 fully saturated rings. The lowest BCUT2D eigenvalue weighted by atomic mass is 9.80. The maximum absolute atomic E-state index is 11.1. The van der Waals surface area contributed by atoms with Gasteiger partial charge in [0.15, 0.2) is 25.2 Å². The van der Waals surface area contributed by atoms with E-state index in [1.165, 1.54) is 6.92 Å². The van der Waals surface area contributed by atoms with Crippen LogP contribution in [0.4, 0.5) is 0 Å². The lowest BCUT2D eigenvalue weighted by molar-refractivity contribution is -0.444. The normalized spacial score (nSPS) is 51.2. The van der Waals surface area contributed by atoms with E-state index in [4.69, 9.17) is 28.4 Å². The van der Waals surface area contributed by atoms with Crippen molar-refractivity contribution >= 4 is 5.97 Å². The molecule has 114 valence electrons. The number of carbonyl (C=O) groups excluding carboxylic acids is 1. The summed E-state index contributed by atoms with van der Waals surface area (Å²) < 4.78 is 33.2. The third-order valence-electron chi connectivity index (χ3n) is 3.92. The molecule has 3 heterocycles. The molecule has 3 saturated heterocycles. The highest BCUT2D eigenvalue weighted by Gasteiger charge is 2.61. The molecule has 0 amide bonds. The number of ether oxygens (including phenoxy) is 6. The average Bonchev–Trinajstić information content (AvgIpc) is 2.57. The third-order valence-corrected chi connectivity index (χ3v) is 3.92. The Bertz CT molecular complexity index is 388. The summed E-state index contributed by atoms with van der Waals surface area (Å²) in [6.45, 7) is 6.95. The predicted octanol–water partition coefficient (Wildman–Crippen LogP) is 1.11. The Labute approximate surface area is 117 Å². The fraction of sp³-hybridized carbons (Fsp3) is 0.923. The number of rotatable bonds is 3. The minimum absolute atomic E-state index is 0.229. The van der Waals surface area contributed by atoms with E-state index >= 15 is 0 Å². The van der Waals surface area contributed by atoms with Crippen LogP contribution in [0.15, 0.2) is 0 Å². The van der Waals surface area contributed by atoms with Gasteiger partial charge in [0, 0.05) is 13.3 Å². The second kappa shape index (κ2) is 4.92. The van der Waals surface area contributed by atoms with Crippen molar-refractivity contribution in [3.05, 3.63) is 0 Å². The zero-order valence-electron chi connectivity index (χ0n) is 12.0. The molecule has 0 aliphatic carbocycles. The molecule has 0 N–H and O–H groups in total. The van der Waals surface area contributed by atoms with Crippen molar-refractivity contribution in [2.24, 2.45) is 5.41 Å². The Balaban J connectivity index is 1.72. The summed E-state index contributed by atoms with van der Waals surface area (Å²) in [4.78, 5) is 11.1. The van der Waals surface area contributed by atoms with Gasteiger partial charge in [-0.25, -0.2) is 0 Å². The summed E-state index contributed by atoms with van der Waals surface area (Å²) in [7, 11) is 0.